The number of para-hydroxylation sites is 2. The number of nitrogens with one attached hydrogen (secondary N) is 1. The van der Waals surface area contributed by atoms with Crippen molar-refractivity contribution in [2.75, 3.05) is 6.54 Å². The number of sulfonamides is 1. The Bertz CT molecular complexity index is 1100. The lowest BCUT2D eigenvalue weighted by molar-refractivity contribution is -0.124. The molecule has 0 radical (unpaired) electrons. The molecule has 1 fully saturated rings. The summed E-state index contributed by atoms with van der Waals surface area (Å²) in [5.74, 6) is 1.07. The summed E-state index contributed by atoms with van der Waals surface area (Å²) in [6.45, 7) is 0.608. The normalized spacial score (nSPS) is 17.0. The van der Waals surface area contributed by atoms with Crippen molar-refractivity contribution >= 4 is 27.3 Å². The molecule has 6 nitrogen and oxygen atoms in total. The minimum Gasteiger partial charge on any atom is -0.457 e. The Morgan fingerprint density at radius 3 is 2.60 bits per heavy atom. The summed E-state index contributed by atoms with van der Waals surface area (Å²) < 4.78 is 33.3. The first-order valence-electron chi connectivity index (χ1n) is 9.69. The Balaban J connectivity index is 1.45. The van der Waals surface area contributed by atoms with E-state index in [1.54, 1.807) is 17.5 Å². The second-order valence-corrected chi connectivity index (χ2v) is 10.0. The average molecular weight is 443 g/mol. The van der Waals surface area contributed by atoms with Crippen LogP contribution in [0, 0.1) is 0 Å². The van der Waals surface area contributed by atoms with Gasteiger partial charge in [0.15, 0.2) is 0 Å². The quantitative estimate of drug-likeness (QED) is 0.600. The van der Waals surface area contributed by atoms with E-state index < -0.39 is 16.1 Å². The lowest BCUT2D eigenvalue weighted by Gasteiger charge is -2.23. The molecule has 1 aliphatic heterocycles. The molecule has 4 rings (SSSR count). The second-order valence-electron chi connectivity index (χ2n) is 6.95. The fourth-order valence-corrected chi connectivity index (χ4v) is 6.26. The van der Waals surface area contributed by atoms with Crippen LogP contribution in [0.1, 0.15) is 18.4 Å². The molecule has 1 atom stereocenters. The number of ether oxygens (including phenoxy) is 1. The van der Waals surface area contributed by atoms with E-state index in [4.69, 9.17) is 4.74 Å². The van der Waals surface area contributed by atoms with Gasteiger partial charge >= 0.3 is 0 Å². The number of carbonyl (C=O) groups is 1. The first-order chi connectivity index (χ1) is 14.6. The van der Waals surface area contributed by atoms with Crippen molar-refractivity contribution in [2.24, 2.45) is 0 Å². The third-order valence-electron chi connectivity index (χ3n) is 4.96. The fraction of sp³-hybridized carbons (Fsp3) is 0.227. The summed E-state index contributed by atoms with van der Waals surface area (Å²) in [7, 11) is -3.66. The molecule has 1 N–H and O–H groups in total. The standard InChI is InChI=1S/C22H22N2O4S2/c25-22(19-11-6-14-24(19)30(26,27)21-13-7-15-29-21)23-16-17-8-4-5-12-20(17)28-18-9-2-1-3-10-18/h1-5,7-10,12-13,15,19H,6,11,14,16H2,(H,23,25). The molecule has 1 aliphatic rings. The van der Waals surface area contributed by atoms with Crippen molar-refractivity contribution in [1.29, 1.82) is 0 Å². The smallest absolute Gasteiger partial charge is 0.253 e. The van der Waals surface area contributed by atoms with Gasteiger partial charge in [0.1, 0.15) is 21.8 Å². The zero-order valence-electron chi connectivity index (χ0n) is 16.2. The second kappa shape index (κ2) is 8.99. The number of hydrogen-bond donors (Lipinski definition) is 1. The van der Waals surface area contributed by atoms with Crippen LogP contribution in [-0.4, -0.2) is 31.2 Å². The molecule has 1 saturated heterocycles. The molecule has 1 unspecified atom stereocenters. The van der Waals surface area contributed by atoms with Crippen molar-refractivity contribution < 1.29 is 17.9 Å². The van der Waals surface area contributed by atoms with Gasteiger partial charge in [0.05, 0.1) is 0 Å². The van der Waals surface area contributed by atoms with E-state index in [1.807, 2.05) is 54.6 Å². The van der Waals surface area contributed by atoms with Crippen molar-refractivity contribution in [1.82, 2.24) is 9.62 Å². The van der Waals surface area contributed by atoms with E-state index in [1.165, 1.54) is 15.6 Å². The summed E-state index contributed by atoms with van der Waals surface area (Å²) in [5, 5.41) is 4.62. The van der Waals surface area contributed by atoms with Crippen LogP contribution in [0.15, 0.2) is 76.3 Å². The van der Waals surface area contributed by atoms with E-state index in [9.17, 15) is 13.2 Å². The topological polar surface area (TPSA) is 75.7 Å². The highest BCUT2D eigenvalue weighted by Crippen LogP contribution is 2.29. The van der Waals surface area contributed by atoms with Gasteiger partial charge in [-0.05, 0) is 42.5 Å². The minimum absolute atomic E-state index is 0.255. The summed E-state index contributed by atoms with van der Waals surface area (Å²) in [4.78, 5) is 12.9. The number of nitrogens with zero attached hydrogens (tertiary/aromatic N) is 1. The van der Waals surface area contributed by atoms with Gasteiger partial charge in [-0.15, -0.1) is 11.3 Å². The van der Waals surface area contributed by atoms with Gasteiger partial charge in [-0.3, -0.25) is 4.79 Å². The Morgan fingerprint density at radius 1 is 1.07 bits per heavy atom. The maximum Gasteiger partial charge on any atom is 0.253 e. The van der Waals surface area contributed by atoms with Crippen LogP contribution in [-0.2, 0) is 21.4 Å². The molecule has 3 aromatic rings. The largest absolute Gasteiger partial charge is 0.457 e. The lowest BCUT2D eigenvalue weighted by Crippen LogP contribution is -2.45. The van der Waals surface area contributed by atoms with Crippen LogP contribution >= 0.6 is 11.3 Å². The number of carbonyl (C=O) groups excluding carboxylic acids is 1. The number of rotatable bonds is 7. The summed E-state index contributed by atoms with van der Waals surface area (Å²) in [6.07, 6.45) is 1.18. The van der Waals surface area contributed by atoms with Crippen LogP contribution in [0.5, 0.6) is 11.5 Å². The molecule has 8 heteroatoms. The zero-order valence-corrected chi connectivity index (χ0v) is 17.9. The van der Waals surface area contributed by atoms with Gasteiger partial charge in [-0.25, -0.2) is 8.42 Å². The first kappa shape index (κ1) is 20.6. The number of amides is 1. The Kier molecular flexibility index (Phi) is 6.17. The molecule has 0 aliphatic carbocycles. The predicted molar refractivity (Wildman–Crippen MR) is 116 cm³/mol. The Labute approximate surface area is 180 Å². The zero-order chi connectivity index (χ0) is 21.0. The van der Waals surface area contributed by atoms with Gasteiger partial charge in [0.2, 0.25) is 5.91 Å². The molecule has 30 heavy (non-hydrogen) atoms. The van der Waals surface area contributed by atoms with Crippen molar-refractivity contribution in [2.45, 2.75) is 29.6 Å². The summed E-state index contributed by atoms with van der Waals surface area (Å²) in [5.41, 5.74) is 0.820. The van der Waals surface area contributed by atoms with Crippen molar-refractivity contribution in [3.8, 4) is 11.5 Å². The lowest BCUT2D eigenvalue weighted by atomic mass is 10.1. The van der Waals surface area contributed by atoms with Crippen molar-refractivity contribution in [3.63, 3.8) is 0 Å². The number of hydrogen-bond acceptors (Lipinski definition) is 5. The molecular formula is C22H22N2O4S2. The van der Waals surface area contributed by atoms with Crippen LogP contribution in [0.2, 0.25) is 0 Å². The van der Waals surface area contributed by atoms with Crippen LogP contribution in [0.3, 0.4) is 0 Å². The Hall–Kier alpha value is -2.68. The summed E-state index contributed by atoms with van der Waals surface area (Å²) >= 11 is 1.17. The predicted octanol–water partition coefficient (Wildman–Crippen LogP) is 4.01. The maximum absolute atomic E-state index is 12.9. The van der Waals surface area contributed by atoms with Gasteiger partial charge in [0.25, 0.3) is 10.0 Å². The molecule has 0 saturated carbocycles. The molecule has 0 bridgehead atoms. The third-order valence-corrected chi connectivity index (χ3v) is 8.24. The highest BCUT2D eigenvalue weighted by molar-refractivity contribution is 7.91. The van der Waals surface area contributed by atoms with Gasteiger partial charge in [0, 0.05) is 18.7 Å². The first-order valence-corrected chi connectivity index (χ1v) is 12.0. The van der Waals surface area contributed by atoms with E-state index in [-0.39, 0.29) is 16.7 Å². The summed E-state index contributed by atoms with van der Waals surface area (Å²) in [6, 6.07) is 19.5. The molecular weight excluding hydrogens is 420 g/mol. The van der Waals surface area contributed by atoms with Gasteiger partial charge < -0.3 is 10.1 Å². The number of thiophene rings is 1. The maximum atomic E-state index is 12.9. The van der Waals surface area contributed by atoms with Crippen LogP contribution in [0.25, 0.3) is 0 Å². The molecule has 0 spiro atoms. The SMILES string of the molecule is O=C(NCc1ccccc1Oc1ccccc1)C1CCCN1S(=O)(=O)c1cccs1. The van der Waals surface area contributed by atoms with Crippen LogP contribution in [0.4, 0.5) is 0 Å². The third kappa shape index (κ3) is 4.40. The molecule has 2 aromatic carbocycles. The highest BCUT2D eigenvalue weighted by atomic mass is 32.2. The highest BCUT2D eigenvalue weighted by Gasteiger charge is 2.39. The molecule has 1 aromatic heterocycles. The molecule has 2 heterocycles. The molecule has 1 amide bonds. The fourth-order valence-electron chi connectivity index (χ4n) is 3.48. The van der Waals surface area contributed by atoms with E-state index in [0.717, 1.165) is 5.56 Å². The van der Waals surface area contributed by atoms with Gasteiger partial charge in [-0.2, -0.15) is 4.31 Å². The van der Waals surface area contributed by atoms with E-state index in [0.29, 0.717) is 30.9 Å². The van der Waals surface area contributed by atoms with Gasteiger partial charge in [-0.1, -0.05) is 42.5 Å². The van der Waals surface area contributed by atoms with E-state index >= 15 is 0 Å². The van der Waals surface area contributed by atoms with E-state index in [2.05, 4.69) is 5.32 Å². The monoisotopic (exact) mass is 442 g/mol. The Morgan fingerprint density at radius 2 is 1.83 bits per heavy atom. The number of benzene rings is 2. The van der Waals surface area contributed by atoms with Crippen molar-refractivity contribution in [3.05, 3.63) is 77.7 Å². The van der Waals surface area contributed by atoms with Crippen LogP contribution < -0.4 is 10.1 Å². The minimum atomic E-state index is -3.66. The average Bonchev–Trinajstić information content (AvgIpc) is 3.46. The molecule has 156 valence electrons.